The lowest BCUT2D eigenvalue weighted by Gasteiger charge is -2.46. The summed E-state index contributed by atoms with van der Waals surface area (Å²) in [4.78, 5) is 5.68. The van der Waals surface area contributed by atoms with Gasteiger partial charge in [0.15, 0.2) is 0 Å². The van der Waals surface area contributed by atoms with Gasteiger partial charge in [-0.25, -0.2) is 0 Å². The van der Waals surface area contributed by atoms with Crippen LogP contribution >= 0.6 is 0 Å². The fourth-order valence-corrected chi connectivity index (χ4v) is 13.6. The van der Waals surface area contributed by atoms with Crippen molar-refractivity contribution in [2.24, 2.45) is 0 Å². The van der Waals surface area contributed by atoms with Gasteiger partial charge in [0.25, 0.3) is 6.71 Å². The number of unbranched alkanes of at least 4 members (excludes halogenated alkanes) is 6. The molecule has 0 saturated heterocycles. The lowest BCUT2D eigenvalue weighted by atomic mass is 9.33. The van der Waals surface area contributed by atoms with E-state index in [0.29, 0.717) is 0 Å². The Bertz CT molecular complexity index is 3530. The molecule has 0 atom stereocenters. The van der Waals surface area contributed by atoms with Crippen LogP contribution in [0.15, 0.2) is 152 Å². The number of nitrogens with zero attached hydrogens (tertiary/aromatic N) is 3. The first-order chi connectivity index (χ1) is 39.1. The van der Waals surface area contributed by atoms with E-state index in [1.165, 1.54) is 167 Å². The van der Waals surface area contributed by atoms with Crippen LogP contribution in [0, 0.1) is 0 Å². The number of fused-ring (bicyclic) bond motifs is 7. The molecule has 3 heterocycles. The Morgan fingerprint density at radius 2 is 0.825 bits per heavy atom. The monoisotopic (exact) mass is 1050 g/mol. The van der Waals surface area contributed by atoms with Crippen LogP contribution in [0.3, 0.4) is 0 Å². The Labute approximate surface area is 481 Å². The molecule has 410 valence electrons. The fraction of sp³-hybridized carbons (Fsp3) is 0.368. The SMILES string of the molecule is CCCCc1cc(CCCC)c(N2c3ccc(-c4ccccc4)cc3B3c4ccc(-n5c6ccccc6c6ccccc65)cc4N(c4c(CCCC)cc(CCCC)cc4CCCC)c4cc(C(C)(C)C)cc2c43)c(CCCC)c1. The third kappa shape index (κ3) is 10.5. The van der Waals surface area contributed by atoms with Crippen molar-refractivity contribution in [3.8, 4) is 16.8 Å². The third-order valence-corrected chi connectivity index (χ3v) is 17.8. The molecule has 0 N–H and O–H groups in total. The van der Waals surface area contributed by atoms with Crippen LogP contribution in [0.2, 0.25) is 0 Å². The second-order valence-corrected chi connectivity index (χ2v) is 24.7. The summed E-state index contributed by atoms with van der Waals surface area (Å²) in [6.07, 6.45) is 20.6. The van der Waals surface area contributed by atoms with E-state index >= 15 is 0 Å². The smallest absolute Gasteiger partial charge is 0.252 e. The van der Waals surface area contributed by atoms with Crippen LogP contribution in [0.1, 0.15) is 178 Å². The molecule has 80 heavy (non-hydrogen) atoms. The van der Waals surface area contributed by atoms with E-state index < -0.39 is 0 Å². The lowest BCUT2D eigenvalue weighted by molar-refractivity contribution is 0.590. The Morgan fingerprint density at radius 3 is 1.30 bits per heavy atom. The molecule has 0 spiro atoms. The van der Waals surface area contributed by atoms with E-state index in [1.807, 2.05) is 0 Å². The molecule has 2 aliphatic rings. The van der Waals surface area contributed by atoms with Gasteiger partial charge in [0.1, 0.15) is 0 Å². The van der Waals surface area contributed by atoms with Gasteiger partial charge in [-0.15, -0.1) is 0 Å². The highest BCUT2D eigenvalue weighted by molar-refractivity contribution is 7.00. The quantitative estimate of drug-likeness (QED) is 0.0627. The third-order valence-electron chi connectivity index (χ3n) is 17.8. The van der Waals surface area contributed by atoms with Gasteiger partial charge in [0.2, 0.25) is 0 Å². The summed E-state index contributed by atoms with van der Waals surface area (Å²) >= 11 is 0. The molecule has 0 saturated carbocycles. The maximum atomic E-state index is 2.85. The molecule has 0 aliphatic carbocycles. The number of rotatable bonds is 22. The first kappa shape index (κ1) is 55.1. The average molecular weight is 1050 g/mol. The number of hydrogen-bond donors (Lipinski definition) is 0. The Balaban J connectivity index is 1.30. The molecular weight excluding hydrogens is 966 g/mol. The maximum Gasteiger partial charge on any atom is 0.252 e. The van der Waals surface area contributed by atoms with Gasteiger partial charge in [-0.1, -0.05) is 210 Å². The van der Waals surface area contributed by atoms with Crippen LogP contribution in [-0.4, -0.2) is 11.3 Å². The van der Waals surface area contributed by atoms with Crippen molar-refractivity contribution >= 4 is 79.0 Å². The van der Waals surface area contributed by atoms with Gasteiger partial charge < -0.3 is 14.4 Å². The van der Waals surface area contributed by atoms with E-state index in [0.717, 1.165) is 77.0 Å². The zero-order valence-corrected chi connectivity index (χ0v) is 50.1. The van der Waals surface area contributed by atoms with Crippen molar-refractivity contribution in [2.75, 3.05) is 9.80 Å². The molecule has 2 aliphatic heterocycles. The van der Waals surface area contributed by atoms with E-state index in [9.17, 15) is 0 Å². The second kappa shape index (κ2) is 24.1. The predicted molar refractivity (Wildman–Crippen MR) is 351 cm³/mol. The normalized spacial score (nSPS) is 12.9. The van der Waals surface area contributed by atoms with Gasteiger partial charge >= 0.3 is 0 Å². The largest absolute Gasteiger partial charge is 0.311 e. The van der Waals surface area contributed by atoms with Crippen LogP contribution in [0.4, 0.5) is 34.1 Å². The maximum absolute atomic E-state index is 2.85. The molecule has 1 aromatic heterocycles. The molecule has 0 bridgehead atoms. The molecule has 3 nitrogen and oxygen atoms in total. The Morgan fingerprint density at radius 1 is 0.375 bits per heavy atom. The molecular formula is C76H88BN3. The van der Waals surface area contributed by atoms with E-state index in [4.69, 9.17) is 0 Å². The summed E-state index contributed by atoms with van der Waals surface area (Å²) in [5.41, 5.74) is 28.8. The molecule has 0 fully saturated rings. The highest BCUT2D eigenvalue weighted by Crippen LogP contribution is 2.51. The summed E-state index contributed by atoms with van der Waals surface area (Å²) in [6.45, 7) is 21.5. The highest BCUT2D eigenvalue weighted by Gasteiger charge is 2.46. The summed E-state index contributed by atoms with van der Waals surface area (Å²) in [6, 6.07) is 60.3. The Hall–Kier alpha value is -6.78. The standard InChI is InChI=1S/C76H88BN3/c1-10-16-29-53-45-57(31-18-12-3)74(58(46-53)32-19-13-4)79-69-44-41-56(55-35-23-22-24-36-55)49-66(69)77-65-43-42-62(78-67-39-27-25-37-63(67)64-38-26-28-40-68(64)78)52-70(65)80(72-51-61(76(7,8)9)50-71(79)73(72)77)75-59(33-20-14-5)47-54(30-17-11-2)48-60(75)34-21-15-6/h22-28,35-52H,10-21,29-34H2,1-9H3. The van der Waals surface area contributed by atoms with Crippen LogP contribution in [0.25, 0.3) is 38.6 Å². The molecule has 4 heteroatoms. The first-order valence-corrected chi connectivity index (χ1v) is 31.5. The van der Waals surface area contributed by atoms with Crippen molar-refractivity contribution < 1.29 is 0 Å². The number of para-hydroxylation sites is 2. The number of benzene rings is 8. The van der Waals surface area contributed by atoms with Gasteiger partial charge in [-0.3, -0.25) is 0 Å². The number of anilines is 6. The van der Waals surface area contributed by atoms with Crippen molar-refractivity contribution in [3.63, 3.8) is 0 Å². The first-order valence-electron chi connectivity index (χ1n) is 31.5. The summed E-state index contributed by atoms with van der Waals surface area (Å²) in [5.74, 6) is 0. The van der Waals surface area contributed by atoms with E-state index in [1.54, 1.807) is 0 Å². The van der Waals surface area contributed by atoms with Crippen LogP contribution in [0.5, 0.6) is 0 Å². The van der Waals surface area contributed by atoms with Gasteiger partial charge in [-0.2, -0.15) is 0 Å². The van der Waals surface area contributed by atoms with Gasteiger partial charge in [0.05, 0.1) is 22.4 Å². The minimum Gasteiger partial charge on any atom is -0.311 e. The van der Waals surface area contributed by atoms with Crippen molar-refractivity contribution in [3.05, 3.63) is 191 Å². The predicted octanol–water partition coefficient (Wildman–Crippen LogP) is 19.9. The number of hydrogen-bond acceptors (Lipinski definition) is 2. The van der Waals surface area contributed by atoms with E-state index in [-0.39, 0.29) is 12.1 Å². The van der Waals surface area contributed by atoms with Gasteiger partial charge in [-0.05, 0) is 191 Å². The Kier molecular flexibility index (Phi) is 16.6. The molecule has 11 rings (SSSR count). The summed E-state index contributed by atoms with van der Waals surface area (Å²) in [7, 11) is 0. The number of aromatic nitrogens is 1. The van der Waals surface area contributed by atoms with Gasteiger partial charge in [0, 0.05) is 39.2 Å². The van der Waals surface area contributed by atoms with E-state index in [2.05, 4.69) is 228 Å². The topological polar surface area (TPSA) is 11.4 Å². The molecule has 0 radical (unpaired) electrons. The molecule has 0 amide bonds. The van der Waals surface area contributed by atoms with Crippen molar-refractivity contribution in [2.45, 2.75) is 183 Å². The number of aryl methyl sites for hydroxylation is 6. The van der Waals surface area contributed by atoms with Crippen molar-refractivity contribution in [1.29, 1.82) is 0 Å². The minimum atomic E-state index is -0.138. The molecule has 8 aromatic carbocycles. The average Bonchev–Trinajstić information content (AvgIpc) is 1.93. The lowest BCUT2D eigenvalue weighted by Crippen LogP contribution is -2.61. The molecule has 9 aromatic rings. The van der Waals surface area contributed by atoms with Crippen molar-refractivity contribution in [1.82, 2.24) is 4.57 Å². The summed E-state index contributed by atoms with van der Waals surface area (Å²) < 4.78 is 2.55. The molecule has 0 unspecified atom stereocenters. The zero-order chi connectivity index (χ0) is 55.5. The zero-order valence-electron chi connectivity index (χ0n) is 50.1. The minimum absolute atomic E-state index is 0.0218. The second-order valence-electron chi connectivity index (χ2n) is 24.7. The fourth-order valence-electron chi connectivity index (χ4n) is 13.6. The van der Waals surface area contributed by atoms with Crippen LogP contribution in [-0.2, 0) is 43.9 Å². The van der Waals surface area contributed by atoms with Crippen LogP contribution < -0.4 is 26.2 Å². The highest BCUT2D eigenvalue weighted by atomic mass is 15.2. The summed E-state index contributed by atoms with van der Waals surface area (Å²) in [5, 5.41) is 2.58.